The Morgan fingerprint density at radius 2 is 1.68 bits per heavy atom. The molecule has 25 heavy (non-hydrogen) atoms. The molecule has 0 saturated carbocycles. The Morgan fingerprint density at radius 1 is 1.04 bits per heavy atom. The van der Waals surface area contributed by atoms with Gasteiger partial charge in [-0.3, -0.25) is 0 Å². The molecular formula is C20H26N2O3. The van der Waals surface area contributed by atoms with E-state index in [-0.39, 0.29) is 12.1 Å². The second-order valence-electron chi connectivity index (χ2n) is 5.84. The van der Waals surface area contributed by atoms with Crippen LogP contribution in [0.4, 0.5) is 10.5 Å². The summed E-state index contributed by atoms with van der Waals surface area (Å²) in [5, 5.41) is 5.79. The van der Waals surface area contributed by atoms with E-state index in [4.69, 9.17) is 9.47 Å². The summed E-state index contributed by atoms with van der Waals surface area (Å²) in [6.45, 7) is 4.56. The van der Waals surface area contributed by atoms with Crippen molar-refractivity contribution in [3.63, 3.8) is 0 Å². The Hall–Kier alpha value is -2.69. The van der Waals surface area contributed by atoms with Crippen LogP contribution in [-0.2, 0) is 6.42 Å². The molecule has 0 fully saturated rings. The number of benzene rings is 2. The van der Waals surface area contributed by atoms with E-state index in [1.54, 1.807) is 7.11 Å². The summed E-state index contributed by atoms with van der Waals surface area (Å²) in [4.78, 5) is 12.1. The highest BCUT2D eigenvalue weighted by Crippen LogP contribution is 2.16. The number of hydrogen-bond donors (Lipinski definition) is 2. The van der Waals surface area contributed by atoms with Crippen molar-refractivity contribution in [1.82, 2.24) is 5.32 Å². The number of anilines is 1. The maximum atomic E-state index is 12.1. The van der Waals surface area contributed by atoms with E-state index in [1.165, 1.54) is 5.56 Å². The molecule has 2 amide bonds. The fourth-order valence-corrected chi connectivity index (χ4v) is 2.44. The first-order valence-electron chi connectivity index (χ1n) is 8.54. The first-order chi connectivity index (χ1) is 12.1. The minimum absolute atomic E-state index is 0.0739. The first kappa shape index (κ1) is 18.6. The highest BCUT2D eigenvalue weighted by Gasteiger charge is 2.08. The molecule has 2 aromatic rings. The summed E-state index contributed by atoms with van der Waals surface area (Å²) < 4.78 is 10.5. The Kier molecular flexibility index (Phi) is 7.14. The molecule has 0 saturated heterocycles. The molecule has 2 rings (SSSR count). The number of aryl methyl sites for hydroxylation is 1. The van der Waals surface area contributed by atoms with Crippen molar-refractivity contribution in [2.45, 2.75) is 32.7 Å². The number of rotatable bonds is 8. The Labute approximate surface area is 149 Å². The minimum atomic E-state index is -0.202. The molecule has 1 atom stereocenters. The van der Waals surface area contributed by atoms with Crippen molar-refractivity contribution < 1.29 is 14.3 Å². The zero-order valence-electron chi connectivity index (χ0n) is 15.0. The van der Waals surface area contributed by atoms with Crippen LogP contribution in [0.25, 0.3) is 0 Å². The first-order valence-corrected chi connectivity index (χ1v) is 8.54. The maximum absolute atomic E-state index is 12.1. The minimum Gasteiger partial charge on any atom is -0.497 e. The number of ether oxygens (including phenoxy) is 2. The summed E-state index contributed by atoms with van der Waals surface area (Å²) in [6.07, 6.45) is 1.76. The quantitative estimate of drug-likeness (QED) is 0.754. The zero-order chi connectivity index (χ0) is 18.1. The highest BCUT2D eigenvalue weighted by molar-refractivity contribution is 5.89. The van der Waals surface area contributed by atoms with Gasteiger partial charge in [0.2, 0.25) is 0 Å². The van der Waals surface area contributed by atoms with Crippen LogP contribution < -0.4 is 20.1 Å². The molecule has 0 aliphatic heterocycles. The van der Waals surface area contributed by atoms with Crippen LogP contribution in [-0.4, -0.2) is 25.8 Å². The van der Waals surface area contributed by atoms with Crippen LogP contribution in [0.15, 0.2) is 48.5 Å². The topological polar surface area (TPSA) is 59.6 Å². The van der Waals surface area contributed by atoms with Gasteiger partial charge in [-0.05, 0) is 68.7 Å². The van der Waals surface area contributed by atoms with Gasteiger partial charge in [0, 0.05) is 11.7 Å². The van der Waals surface area contributed by atoms with Crippen molar-refractivity contribution in [3.05, 3.63) is 54.1 Å². The van der Waals surface area contributed by atoms with E-state index in [2.05, 4.69) is 10.6 Å². The van der Waals surface area contributed by atoms with Gasteiger partial charge in [0.25, 0.3) is 0 Å². The molecule has 0 aromatic heterocycles. The third kappa shape index (κ3) is 6.37. The largest absolute Gasteiger partial charge is 0.497 e. The van der Waals surface area contributed by atoms with Crippen LogP contribution in [0.2, 0.25) is 0 Å². The smallest absolute Gasteiger partial charge is 0.319 e. The van der Waals surface area contributed by atoms with Gasteiger partial charge in [-0.25, -0.2) is 4.79 Å². The molecule has 0 radical (unpaired) electrons. The molecule has 0 bridgehead atoms. The molecular weight excluding hydrogens is 316 g/mol. The molecule has 0 heterocycles. The normalized spacial score (nSPS) is 11.5. The lowest BCUT2D eigenvalue weighted by molar-refractivity contribution is 0.248. The summed E-state index contributed by atoms with van der Waals surface area (Å²) in [6, 6.07) is 15.2. The lowest BCUT2D eigenvalue weighted by Gasteiger charge is -2.15. The van der Waals surface area contributed by atoms with Gasteiger partial charge in [-0.15, -0.1) is 0 Å². The van der Waals surface area contributed by atoms with E-state index in [0.717, 1.165) is 30.0 Å². The van der Waals surface area contributed by atoms with Gasteiger partial charge < -0.3 is 20.1 Å². The number of carbonyl (C=O) groups excluding carboxylic acids is 1. The molecule has 0 aliphatic carbocycles. The average molecular weight is 342 g/mol. The van der Waals surface area contributed by atoms with Crippen LogP contribution in [0.1, 0.15) is 25.8 Å². The number of urea groups is 1. The fraction of sp³-hybridized carbons (Fsp3) is 0.350. The van der Waals surface area contributed by atoms with Crippen LogP contribution in [0, 0.1) is 0 Å². The molecule has 134 valence electrons. The molecule has 0 aliphatic rings. The summed E-state index contributed by atoms with van der Waals surface area (Å²) in [5.74, 6) is 1.64. The molecule has 5 nitrogen and oxygen atoms in total. The second-order valence-corrected chi connectivity index (χ2v) is 5.84. The number of carbonyl (C=O) groups is 1. The predicted molar refractivity (Wildman–Crippen MR) is 101 cm³/mol. The van der Waals surface area contributed by atoms with Gasteiger partial charge in [0.05, 0.1) is 13.7 Å². The van der Waals surface area contributed by atoms with E-state index in [0.29, 0.717) is 6.61 Å². The third-order valence-electron chi connectivity index (χ3n) is 3.83. The number of hydrogen-bond acceptors (Lipinski definition) is 3. The van der Waals surface area contributed by atoms with Gasteiger partial charge in [-0.2, -0.15) is 0 Å². The number of methoxy groups -OCH3 is 1. The summed E-state index contributed by atoms with van der Waals surface area (Å²) >= 11 is 0. The third-order valence-corrected chi connectivity index (χ3v) is 3.83. The van der Waals surface area contributed by atoms with Gasteiger partial charge in [0.15, 0.2) is 0 Å². The SMILES string of the molecule is CCOc1ccc(NC(=O)NC(C)CCc2ccc(OC)cc2)cc1. The van der Waals surface area contributed by atoms with Crippen LogP contribution in [0.5, 0.6) is 11.5 Å². The highest BCUT2D eigenvalue weighted by atomic mass is 16.5. The molecule has 2 aromatic carbocycles. The number of amides is 2. The van der Waals surface area contributed by atoms with E-state index in [9.17, 15) is 4.79 Å². The van der Waals surface area contributed by atoms with Crippen molar-refractivity contribution in [2.75, 3.05) is 19.0 Å². The maximum Gasteiger partial charge on any atom is 0.319 e. The van der Waals surface area contributed by atoms with Crippen LogP contribution >= 0.6 is 0 Å². The van der Waals surface area contributed by atoms with Crippen molar-refractivity contribution in [1.29, 1.82) is 0 Å². The Morgan fingerprint density at radius 3 is 2.28 bits per heavy atom. The Balaban J connectivity index is 1.75. The van der Waals surface area contributed by atoms with E-state index in [1.807, 2.05) is 62.4 Å². The van der Waals surface area contributed by atoms with Crippen LogP contribution in [0.3, 0.4) is 0 Å². The fourth-order valence-electron chi connectivity index (χ4n) is 2.44. The number of nitrogens with one attached hydrogen (secondary N) is 2. The summed E-state index contributed by atoms with van der Waals surface area (Å²) in [5.41, 5.74) is 1.96. The lowest BCUT2D eigenvalue weighted by atomic mass is 10.1. The van der Waals surface area contributed by atoms with E-state index < -0.39 is 0 Å². The molecule has 1 unspecified atom stereocenters. The monoisotopic (exact) mass is 342 g/mol. The predicted octanol–water partition coefficient (Wildman–Crippen LogP) is 4.24. The molecule has 0 spiro atoms. The molecule has 2 N–H and O–H groups in total. The van der Waals surface area contributed by atoms with Crippen molar-refractivity contribution >= 4 is 11.7 Å². The van der Waals surface area contributed by atoms with Gasteiger partial charge >= 0.3 is 6.03 Å². The standard InChI is InChI=1S/C20H26N2O3/c1-4-25-19-13-9-17(10-14-19)22-20(23)21-15(2)5-6-16-7-11-18(24-3)12-8-16/h7-15H,4-6H2,1-3H3,(H2,21,22,23). The summed E-state index contributed by atoms with van der Waals surface area (Å²) in [7, 11) is 1.66. The van der Waals surface area contributed by atoms with Crippen molar-refractivity contribution in [3.8, 4) is 11.5 Å². The molecule has 5 heteroatoms. The van der Waals surface area contributed by atoms with Crippen molar-refractivity contribution in [2.24, 2.45) is 0 Å². The van der Waals surface area contributed by atoms with E-state index >= 15 is 0 Å². The zero-order valence-corrected chi connectivity index (χ0v) is 15.0. The lowest BCUT2D eigenvalue weighted by Crippen LogP contribution is -2.36. The van der Waals surface area contributed by atoms with Gasteiger partial charge in [0.1, 0.15) is 11.5 Å². The average Bonchev–Trinajstić information content (AvgIpc) is 2.62. The van der Waals surface area contributed by atoms with Gasteiger partial charge in [-0.1, -0.05) is 12.1 Å². The second kappa shape index (κ2) is 9.57. The Bertz CT molecular complexity index is 654.